The van der Waals surface area contributed by atoms with Gasteiger partial charge in [-0.2, -0.15) is 9.13 Å². The van der Waals surface area contributed by atoms with Gasteiger partial charge >= 0.3 is 0 Å². The Balaban J connectivity index is 1.21. The topological polar surface area (TPSA) is 25.3 Å². The zero-order valence-electron chi connectivity index (χ0n) is 34.2. The fourth-order valence-corrected chi connectivity index (χ4v) is 10.8. The molecule has 2 unspecified atom stereocenters. The number of pyridine rings is 2. The van der Waals surface area contributed by atoms with Gasteiger partial charge in [0.2, 0.25) is 23.1 Å². The van der Waals surface area contributed by atoms with Gasteiger partial charge in [0.05, 0.1) is 28.0 Å². The van der Waals surface area contributed by atoms with Crippen molar-refractivity contribution in [1.29, 1.82) is 0 Å². The molecule has 10 aromatic rings. The molecule has 282 valence electrons. The Hall–Kier alpha value is -6.26. The molecular weight excluding hydrogens is 707 g/mol. The summed E-state index contributed by atoms with van der Waals surface area (Å²) < 4.78 is 14.3. The average Bonchev–Trinajstić information content (AvgIpc) is 3.87. The molecule has 0 aliphatic carbocycles. The highest BCUT2D eigenvalue weighted by Crippen LogP contribution is 2.50. The molecule has 0 bridgehead atoms. The number of aryl methyl sites for hydroxylation is 1. The normalized spacial score (nSPS) is 17.0. The summed E-state index contributed by atoms with van der Waals surface area (Å²) in [4.78, 5) is 0. The minimum absolute atomic E-state index is 0.00650. The molecule has 58 heavy (non-hydrogen) atoms. The molecule has 7 heterocycles. The molecule has 4 nitrogen and oxygen atoms in total. The predicted molar refractivity (Wildman–Crippen MR) is 239 cm³/mol. The van der Waals surface area contributed by atoms with Gasteiger partial charge in [0.25, 0.3) is 0 Å². The van der Waals surface area contributed by atoms with Crippen LogP contribution in [0.25, 0.3) is 88.2 Å². The van der Waals surface area contributed by atoms with E-state index in [-0.39, 0.29) is 22.8 Å². The lowest BCUT2D eigenvalue weighted by atomic mass is 9.78. The maximum Gasteiger partial charge on any atom is 0.249 e. The second-order valence-electron chi connectivity index (χ2n) is 19.0. The number of allylic oxidation sites excluding steroid dienone is 1. The van der Waals surface area contributed by atoms with Crippen LogP contribution >= 0.6 is 0 Å². The number of nitrogens with zero attached hydrogens (tertiary/aromatic N) is 3. The van der Waals surface area contributed by atoms with Gasteiger partial charge in [-0.15, -0.1) is 0 Å². The van der Waals surface area contributed by atoms with Crippen LogP contribution in [0.3, 0.4) is 0 Å². The van der Waals surface area contributed by atoms with E-state index in [1.165, 1.54) is 93.6 Å². The molecule has 0 N–H and O–H groups in total. The van der Waals surface area contributed by atoms with Crippen molar-refractivity contribution in [1.82, 2.24) is 4.40 Å². The van der Waals surface area contributed by atoms with Crippen molar-refractivity contribution in [2.24, 2.45) is 0 Å². The maximum atomic E-state index is 6.85. The highest BCUT2D eigenvalue weighted by atomic mass is 16.3. The van der Waals surface area contributed by atoms with E-state index < -0.39 is 0 Å². The fourth-order valence-electron chi connectivity index (χ4n) is 10.8. The van der Waals surface area contributed by atoms with Crippen LogP contribution in [0.15, 0.2) is 139 Å². The van der Waals surface area contributed by atoms with Gasteiger partial charge in [-0.05, 0) is 113 Å². The number of hydrogen-bond donors (Lipinski definition) is 0. The number of aromatic nitrogens is 3. The van der Waals surface area contributed by atoms with Crippen molar-refractivity contribution in [2.75, 3.05) is 0 Å². The molecule has 0 amide bonds. The van der Waals surface area contributed by atoms with E-state index in [1.54, 1.807) is 0 Å². The molecule has 2 aliphatic rings. The van der Waals surface area contributed by atoms with E-state index in [1.807, 2.05) is 0 Å². The minimum atomic E-state index is 0.00650. The molecule has 2 atom stereocenters. The van der Waals surface area contributed by atoms with Crippen LogP contribution in [0.4, 0.5) is 0 Å². The summed E-state index contributed by atoms with van der Waals surface area (Å²) in [6.07, 6.45) is 6.42. The van der Waals surface area contributed by atoms with E-state index >= 15 is 0 Å². The Labute approximate surface area is 338 Å². The van der Waals surface area contributed by atoms with Gasteiger partial charge in [-0.1, -0.05) is 71.9 Å². The zero-order chi connectivity index (χ0) is 39.4. The Kier molecular flexibility index (Phi) is 6.68. The van der Waals surface area contributed by atoms with Crippen molar-refractivity contribution < 1.29 is 13.6 Å². The SMILES string of the molecule is C=C1C2C(CCc3cc4c(cc3-c3cccc[n+]31)c1c3c(cc5c6cc(C(C)(C)C)ccc6n4c51)oc1ccc(C(C)(C)C)cc13)c1ccccc1-c1cccc[n+]12. The van der Waals surface area contributed by atoms with E-state index in [0.29, 0.717) is 0 Å². The summed E-state index contributed by atoms with van der Waals surface area (Å²) in [7, 11) is 0. The van der Waals surface area contributed by atoms with Gasteiger partial charge < -0.3 is 8.82 Å². The first kappa shape index (κ1) is 33.8. The zero-order valence-corrected chi connectivity index (χ0v) is 34.2. The van der Waals surface area contributed by atoms with Crippen LogP contribution < -0.4 is 9.13 Å². The fraction of sp³-hybridized carbons (Fsp3) is 0.222. The van der Waals surface area contributed by atoms with Gasteiger partial charge in [0, 0.05) is 62.1 Å². The quantitative estimate of drug-likeness (QED) is 0.142. The van der Waals surface area contributed by atoms with Gasteiger partial charge in [-0.3, -0.25) is 0 Å². The summed E-state index contributed by atoms with van der Waals surface area (Å²) in [5.74, 6) is 0.254. The summed E-state index contributed by atoms with van der Waals surface area (Å²) in [6.45, 7) is 18.7. The lowest BCUT2D eigenvalue weighted by Crippen LogP contribution is -2.53. The standard InChI is InChI=1S/C54H47N3O/c1-31-51-37(35-14-8-9-15-36(35)43-16-11-13-25-56(43)51)21-18-32-26-46-41(29-38(32)44-17-10-12-24-55(31)44)50-49-42-28-34(54(5,6)7)20-23-47(42)58-48(49)30-40-39-27-33(53(2,3)4)19-22-45(39)57(46)52(40)50/h8-17,19-20,22-30,37,51H,1,18,21H2,2-7H3/q+2. The third-order valence-electron chi connectivity index (χ3n) is 13.7. The first-order chi connectivity index (χ1) is 28.0. The first-order valence-corrected chi connectivity index (χ1v) is 20.9. The highest BCUT2D eigenvalue weighted by molar-refractivity contribution is 6.35. The Bertz CT molecular complexity index is 3400. The summed E-state index contributed by atoms with van der Waals surface area (Å²) in [6, 6.07) is 43.6. The molecule has 2 aliphatic heterocycles. The molecule has 0 fully saturated rings. The lowest BCUT2D eigenvalue weighted by Gasteiger charge is -2.29. The molecule has 0 saturated carbocycles. The molecule has 4 heteroatoms. The average molecular weight is 754 g/mol. The molecule has 5 aromatic carbocycles. The van der Waals surface area contributed by atoms with Crippen LogP contribution in [0.1, 0.15) is 82.2 Å². The van der Waals surface area contributed by atoms with Crippen molar-refractivity contribution in [2.45, 2.75) is 77.2 Å². The van der Waals surface area contributed by atoms with Crippen LogP contribution in [-0.2, 0) is 17.3 Å². The molecule has 12 rings (SSSR count). The van der Waals surface area contributed by atoms with Crippen molar-refractivity contribution in [3.63, 3.8) is 0 Å². The smallest absolute Gasteiger partial charge is 0.249 e. The Morgan fingerprint density at radius 3 is 2.16 bits per heavy atom. The van der Waals surface area contributed by atoms with E-state index in [4.69, 9.17) is 11.0 Å². The summed E-state index contributed by atoms with van der Waals surface area (Å²) in [5.41, 5.74) is 17.2. The number of hydrogen-bond acceptors (Lipinski definition) is 1. The molecule has 0 saturated heterocycles. The number of fused-ring (bicyclic) bond motifs is 19. The summed E-state index contributed by atoms with van der Waals surface area (Å²) >= 11 is 0. The molecular formula is C54H47N3O+2. The summed E-state index contributed by atoms with van der Waals surface area (Å²) in [5, 5.41) is 7.46. The maximum absolute atomic E-state index is 6.85. The lowest BCUT2D eigenvalue weighted by molar-refractivity contribution is -0.727. The highest BCUT2D eigenvalue weighted by Gasteiger charge is 2.46. The molecule has 0 spiro atoms. The number of benzene rings is 5. The number of rotatable bonds is 0. The van der Waals surface area contributed by atoms with Crippen LogP contribution in [0, 0.1) is 0 Å². The first-order valence-electron chi connectivity index (χ1n) is 20.9. The second-order valence-corrected chi connectivity index (χ2v) is 19.0. The van der Waals surface area contributed by atoms with Gasteiger partial charge in [0.15, 0.2) is 12.4 Å². The van der Waals surface area contributed by atoms with Gasteiger partial charge in [-0.25, -0.2) is 0 Å². The van der Waals surface area contributed by atoms with Crippen molar-refractivity contribution >= 4 is 65.7 Å². The molecule has 5 aromatic heterocycles. The molecule has 0 radical (unpaired) electrons. The van der Waals surface area contributed by atoms with Gasteiger partial charge in [0.1, 0.15) is 11.2 Å². The van der Waals surface area contributed by atoms with Crippen molar-refractivity contribution in [3.05, 3.63) is 156 Å². The predicted octanol–water partition coefficient (Wildman–Crippen LogP) is 13.0. The number of furan rings is 1. The Morgan fingerprint density at radius 2 is 1.34 bits per heavy atom. The second kappa shape index (κ2) is 11.4. The monoisotopic (exact) mass is 753 g/mol. The third kappa shape index (κ3) is 4.52. The minimum Gasteiger partial charge on any atom is -0.456 e. The van der Waals surface area contributed by atoms with Crippen LogP contribution in [0.2, 0.25) is 0 Å². The van der Waals surface area contributed by atoms with E-state index in [0.717, 1.165) is 29.7 Å². The third-order valence-corrected chi connectivity index (χ3v) is 13.7. The van der Waals surface area contributed by atoms with Crippen molar-refractivity contribution in [3.8, 4) is 22.5 Å². The van der Waals surface area contributed by atoms with Crippen LogP contribution in [0.5, 0.6) is 0 Å². The van der Waals surface area contributed by atoms with Crippen LogP contribution in [-0.4, -0.2) is 4.40 Å². The Morgan fingerprint density at radius 1 is 0.621 bits per heavy atom. The van der Waals surface area contributed by atoms with E-state index in [9.17, 15) is 0 Å². The largest absolute Gasteiger partial charge is 0.456 e. The van der Waals surface area contributed by atoms with E-state index in [2.05, 4.69) is 183 Å².